The first-order valence-corrected chi connectivity index (χ1v) is 11.2. The molecular formula is C26H29N5O2. The number of carbonyl (C=O) groups is 2. The second kappa shape index (κ2) is 9.92. The first-order valence-electron chi connectivity index (χ1n) is 11.2. The monoisotopic (exact) mass is 443 g/mol. The molecule has 3 aromatic rings. The van der Waals surface area contributed by atoms with Gasteiger partial charge in [-0.2, -0.15) is 0 Å². The molecule has 7 heteroatoms. The molecule has 1 aromatic heterocycles. The fourth-order valence-electron chi connectivity index (χ4n) is 4.32. The zero-order valence-electron chi connectivity index (χ0n) is 19.0. The molecule has 0 radical (unpaired) electrons. The van der Waals surface area contributed by atoms with Crippen LogP contribution in [-0.2, 0) is 4.79 Å². The van der Waals surface area contributed by atoms with E-state index >= 15 is 0 Å². The topological polar surface area (TPSA) is 87.2 Å². The lowest BCUT2D eigenvalue weighted by molar-refractivity contribution is -0.111. The molecule has 0 spiro atoms. The summed E-state index contributed by atoms with van der Waals surface area (Å²) in [7, 11) is 4.21. The maximum absolute atomic E-state index is 12.9. The number of fused-ring (bicyclic) bond motifs is 1. The molecule has 0 atom stereocenters. The second-order valence-corrected chi connectivity index (χ2v) is 8.64. The highest BCUT2D eigenvalue weighted by atomic mass is 16.2. The van der Waals surface area contributed by atoms with Crippen molar-refractivity contribution in [3.8, 4) is 11.4 Å². The summed E-state index contributed by atoms with van der Waals surface area (Å²) >= 11 is 0. The van der Waals surface area contributed by atoms with E-state index in [0.29, 0.717) is 23.2 Å². The minimum atomic E-state index is -0.276. The molecule has 1 aliphatic carbocycles. The maximum atomic E-state index is 12.9. The molecule has 2 amide bonds. The van der Waals surface area contributed by atoms with Gasteiger partial charge >= 0.3 is 0 Å². The Morgan fingerprint density at radius 1 is 1.09 bits per heavy atom. The van der Waals surface area contributed by atoms with Gasteiger partial charge in [0.1, 0.15) is 5.69 Å². The van der Waals surface area contributed by atoms with Gasteiger partial charge in [-0.15, -0.1) is 0 Å². The summed E-state index contributed by atoms with van der Waals surface area (Å²) in [6.07, 6.45) is 6.94. The molecule has 4 rings (SSSR count). The van der Waals surface area contributed by atoms with Gasteiger partial charge in [0.25, 0.3) is 5.91 Å². The third kappa shape index (κ3) is 5.26. The van der Waals surface area contributed by atoms with Crippen LogP contribution < -0.4 is 10.6 Å². The fourth-order valence-corrected chi connectivity index (χ4v) is 4.32. The average molecular weight is 444 g/mol. The van der Waals surface area contributed by atoms with Crippen LogP contribution in [-0.4, -0.2) is 52.9 Å². The Balaban J connectivity index is 1.53. The van der Waals surface area contributed by atoms with E-state index in [0.717, 1.165) is 42.0 Å². The van der Waals surface area contributed by atoms with Gasteiger partial charge in [-0.05, 0) is 69.4 Å². The van der Waals surface area contributed by atoms with Crippen molar-refractivity contribution in [2.24, 2.45) is 0 Å². The van der Waals surface area contributed by atoms with Gasteiger partial charge in [-0.25, -0.2) is 9.97 Å². The normalized spacial score (nSPS) is 18.2. The van der Waals surface area contributed by atoms with E-state index in [-0.39, 0.29) is 17.9 Å². The van der Waals surface area contributed by atoms with Crippen LogP contribution in [0.4, 0.5) is 5.69 Å². The van der Waals surface area contributed by atoms with Crippen LogP contribution in [0.25, 0.3) is 22.2 Å². The van der Waals surface area contributed by atoms with Crippen molar-refractivity contribution < 1.29 is 9.59 Å². The second-order valence-electron chi connectivity index (χ2n) is 8.64. The lowest BCUT2D eigenvalue weighted by atomic mass is 9.90. The Kier molecular flexibility index (Phi) is 6.79. The quantitative estimate of drug-likeness (QED) is 0.562. The molecule has 2 N–H and O–H groups in total. The van der Waals surface area contributed by atoms with Crippen LogP contribution in [0.15, 0.2) is 61.3 Å². The Bertz CT molecular complexity index is 1180. The van der Waals surface area contributed by atoms with Gasteiger partial charge in [0.2, 0.25) is 5.91 Å². The molecule has 0 aliphatic heterocycles. The smallest absolute Gasteiger partial charge is 0.270 e. The van der Waals surface area contributed by atoms with E-state index in [1.165, 1.54) is 6.08 Å². The van der Waals surface area contributed by atoms with Crippen LogP contribution >= 0.6 is 0 Å². The van der Waals surface area contributed by atoms with E-state index in [2.05, 4.69) is 46.2 Å². The molecule has 0 unspecified atom stereocenters. The largest absolute Gasteiger partial charge is 0.348 e. The van der Waals surface area contributed by atoms with Gasteiger partial charge in [-0.1, -0.05) is 30.8 Å². The number of nitrogens with one attached hydrogen (secondary N) is 2. The Morgan fingerprint density at radius 3 is 2.61 bits per heavy atom. The molecule has 1 heterocycles. The first-order chi connectivity index (χ1) is 15.9. The van der Waals surface area contributed by atoms with E-state index in [4.69, 9.17) is 0 Å². The molecule has 2 aromatic carbocycles. The molecule has 0 saturated heterocycles. The Morgan fingerprint density at radius 2 is 1.88 bits per heavy atom. The van der Waals surface area contributed by atoms with Crippen LogP contribution in [0.1, 0.15) is 36.2 Å². The van der Waals surface area contributed by atoms with Crippen molar-refractivity contribution in [1.82, 2.24) is 20.2 Å². The molecule has 33 heavy (non-hydrogen) atoms. The average Bonchev–Trinajstić information content (AvgIpc) is 2.84. The highest BCUT2D eigenvalue weighted by Gasteiger charge is 2.24. The summed E-state index contributed by atoms with van der Waals surface area (Å²) in [6.45, 7) is 3.51. The van der Waals surface area contributed by atoms with Crippen molar-refractivity contribution >= 4 is 28.3 Å². The Labute approximate surface area is 193 Å². The molecule has 170 valence electrons. The standard InChI is InChI=1S/C26H29N5O2/c1-4-24(32)29-22-7-5-6-17-8-9-18(16-21(17)22)25-27-15-14-23(30-25)26(33)28-19-10-12-20(13-11-19)31(2)3/h4-9,14-16,19-20H,1,10-13H2,2-3H3,(H,28,33)(H,29,32)/t19-,20+. The number of nitrogens with zero attached hydrogens (tertiary/aromatic N) is 3. The van der Waals surface area contributed by atoms with Crippen LogP contribution in [0.3, 0.4) is 0 Å². The van der Waals surface area contributed by atoms with Crippen molar-refractivity contribution in [1.29, 1.82) is 0 Å². The number of hydrogen-bond acceptors (Lipinski definition) is 5. The van der Waals surface area contributed by atoms with E-state index in [9.17, 15) is 9.59 Å². The number of benzene rings is 2. The van der Waals surface area contributed by atoms with E-state index < -0.39 is 0 Å². The molecule has 7 nitrogen and oxygen atoms in total. The highest BCUT2D eigenvalue weighted by molar-refractivity contribution is 6.06. The lowest BCUT2D eigenvalue weighted by Crippen LogP contribution is -2.42. The summed E-state index contributed by atoms with van der Waals surface area (Å²) in [6, 6.07) is 13.9. The van der Waals surface area contributed by atoms with E-state index in [1.807, 2.05) is 36.4 Å². The number of rotatable bonds is 6. The van der Waals surface area contributed by atoms with Crippen LogP contribution in [0.2, 0.25) is 0 Å². The first kappa shape index (κ1) is 22.6. The zero-order valence-corrected chi connectivity index (χ0v) is 19.0. The minimum absolute atomic E-state index is 0.170. The van der Waals surface area contributed by atoms with Crippen molar-refractivity contribution in [2.75, 3.05) is 19.4 Å². The SMILES string of the molecule is C=CC(=O)Nc1cccc2ccc(-c3nccc(C(=O)N[C@H]4CC[C@@H](N(C)C)CC4)n3)cc12. The minimum Gasteiger partial charge on any atom is -0.348 e. The van der Waals surface area contributed by atoms with Gasteiger partial charge in [0.05, 0.1) is 0 Å². The number of aromatic nitrogens is 2. The number of anilines is 1. The maximum Gasteiger partial charge on any atom is 0.270 e. The van der Waals surface area contributed by atoms with Crippen molar-refractivity contribution in [3.63, 3.8) is 0 Å². The number of amides is 2. The molecule has 1 saturated carbocycles. The van der Waals surface area contributed by atoms with E-state index in [1.54, 1.807) is 12.3 Å². The summed E-state index contributed by atoms with van der Waals surface area (Å²) in [5, 5.41) is 7.81. The van der Waals surface area contributed by atoms with Crippen molar-refractivity contribution in [2.45, 2.75) is 37.8 Å². The van der Waals surface area contributed by atoms with Crippen molar-refractivity contribution in [3.05, 3.63) is 67.0 Å². The van der Waals surface area contributed by atoms with Crippen LogP contribution in [0, 0.1) is 0 Å². The summed E-state index contributed by atoms with van der Waals surface area (Å²) in [5.74, 6) is 0.0137. The molecule has 1 aliphatic rings. The molecular weight excluding hydrogens is 414 g/mol. The highest BCUT2D eigenvalue weighted by Crippen LogP contribution is 2.28. The third-order valence-corrected chi connectivity index (χ3v) is 6.23. The predicted octanol–water partition coefficient (Wildman–Crippen LogP) is 4.02. The van der Waals surface area contributed by atoms with Gasteiger partial charge < -0.3 is 15.5 Å². The van der Waals surface area contributed by atoms with Gasteiger partial charge in [0.15, 0.2) is 5.82 Å². The number of hydrogen-bond donors (Lipinski definition) is 2. The molecule has 1 fully saturated rings. The molecule has 0 bridgehead atoms. The van der Waals surface area contributed by atoms with Gasteiger partial charge in [0, 0.05) is 34.9 Å². The lowest BCUT2D eigenvalue weighted by Gasteiger charge is -2.32. The third-order valence-electron chi connectivity index (χ3n) is 6.23. The Hall–Kier alpha value is -3.58. The summed E-state index contributed by atoms with van der Waals surface area (Å²) < 4.78 is 0. The zero-order chi connectivity index (χ0) is 23.4. The van der Waals surface area contributed by atoms with Crippen LogP contribution in [0.5, 0.6) is 0 Å². The van der Waals surface area contributed by atoms with Gasteiger partial charge in [-0.3, -0.25) is 9.59 Å². The predicted molar refractivity (Wildman–Crippen MR) is 131 cm³/mol. The fraction of sp³-hybridized carbons (Fsp3) is 0.308. The summed E-state index contributed by atoms with van der Waals surface area (Å²) in [5.41, 5.74) is 1.80. The summed E-state index contributed by atoms with van der Waals surface area (Å²) in [4.78, 5) is 35.8. The number of carbonyl (C=O) groups excluding carboxylic acids is 2.